The number of ether oxygens (including phenoxy) is 1. The van der Waals surface area contributed by atoms with Crippen molar-refractivity contribution in [3.8, 4) is 0 Å². The zero-order chi connectivity index (χ0) is 18.8. The van der Waals surface area contributed by atoms with Gasteiger partial charge in [0.2, 0.25) is 0 Å². The fourth-order valence-electron chi connectivity index (χ4n) is 4.27. The maximum Gasteiger partial charge on any atom is 0.138 e. The number of nitrogens with zero attached hydrogens (tertiary/aromatic N) is 5. The highest BCUT2D eigenvalue weighted by Gasteiger charge is 2.24. The standard InChI is InChI=1S/C20H31N5O2/c1-4-25-20-6-11-26-14-18(20)19(21-25)13-24-8-5-7-23(9-10-24)12-17-15(2)22-27-16(17)3/h4-14H2,1-3H3. The van der Waals surface area contributed by atoms with Crippen molar-refractivity contribution in [2.24, 2.45) is 0 Å². The van der Waals surface area contributed by atoms with E-state index >= 15 is 0 Å². The zero-order valence-corrected chi connectivity index (χ0v) is 16.8. The van der Waals surface area contributed by atoms with Gasteiger partial charge in [0, 0.05) is 56.0 Å². The molecule has 0 spiro atoms. The molecule has 27 heavy (non-hydrogen) atoms. The molecule has 0 aliphatic carbocycles. The number of rotatable bonds is 5. The van der Waals surface area contributed by atoms with Crippen molar-refractivity contribution in [1.82, 2.24) is 24.7 Å². The van der Waals surface area contributed by atoms with Gasteiger partial charge >= 0.3 is 0 Å². The van der Waals surface area contributed by atoms with Crippen LogP contribution >= 0.6 is 0 Å². The molecular formula is C20H31N5O2. The van der Waals surface area contributed by atoms with Crippen LogP contribution in [-0.4, -0.2) is 57.5 Å². The predicted molar refractivity (Wildman–Crippen MR) is 102 cm³/mol. The summed E-state index contributed by atoms with van der Waals surface area (Å²) in [5, 5.41) is 8.99. The lowest BCUT2D eigenvalue weighted by atomic mass is 10.1. The Labute approximate surface area is 161 Å². The van der Waals surface area contributed by atoms with E-state index in [4.69, 9.17) is 14.4 Å². The largest absolute Gasteiger partial charge is 0.376 e. The number of aryl methyl sites for hydroxylation is 3. The minimum absolute atomic E-state index is 0.719. The van der Waals surface area contributed by atoms with Crippen LogP contribution in [-0.2, 0) is 37.4 Å². The van der Waals surface area contributed by atoms with Crippen molar-refractivity contribution >= 4 is 0 Å². The molecule has 4 heterocycles. The lowest BCUT2D eigenvalue weighted by Crippen LogP contribution is -2.31. The second-order valence-electron chi connectivity index (χ2n) is 7.70. The minimum Gasteiger partial charge on any atom is -0.376 e. The molecule has 0 saturated carbocycles. The van der Waals surface area contributed by atoms with Crippen LogP contribution < -0.4 is 0 Å². The summed E-state index contributed by atoms with van der Waals surface area (Å²) in [6, 6.07) is 0. The lowest BCUT2D eigenvalue weighted by Gasteiger charge is -2.22. The Bertz CT molecular complexity index is 762. The summed E-state index contributed by atoms with van der Waals surface area (Å²) in [6.45, 7) is 14.9. The monoisotopic (exact) mass is 373 g/mol. The van der Waals surface area contributed by atoms with E-state index in [2.05, 4.69) is 26.6 Å². The first-order chi connectivity index (χ1) is 13.2. The molecule has 2 aromatic heterocycles. The summed E-state index contributed by atoms with van der Waals surface area (Å²) in [5.74, 6) is 0.949. The topological polar surface area (TPSA) is 59.6 Å². The third kappa shape index (κ3) is 3.95. The Morgan fingerprint density at radius 2 is 1.81 bits per heavy atom. The summed E-state index contributed by atoms with van der Waals surface area (Å²) in [4.78, 5) is 5.07. The molecule has 0 atom stereocenters. The molecule has 7 nitrogen and oxygen atoms in total. The van der Waals surface area contributed by atoms with E-state index in [1.807, 2.05) is 13.8 Å². The highest BCUT2D eigenvalue weighted by atomic mass is 16.5. The van der Waals surface area contributed by atoms with Gasteiger partial charge in [-0.05, 0) is 40.3 Å². The molecule has 2 aromatic rings. The molecule has 0 radical (unpaired) electrons. The van der Waals surface area contributed by atoms with E-state index in [9.17, 15) is 0 Å². The van der Waals surface area contributed by atoms with Gasteiger partial charge in [0.05, 0.1) is 24.6 Å². The maximum atomic E-state index is 5.71. The fraction of sp³-hybridized carbons (Fsp3) is 0.700. The second kappa shape index (κ2) is 8.12. The molecular weight excluding hydrogens is 342 g/mol. The van der Waals surface area contributed by atoms with Gasteiger partial charge in [-0.2, -0.15) is 5.10 Å². The van der Waals surface area contributed by atoms with E-state index in [-0.39, 0.29) is 0 Å². The number of fused-ring (bicyclic) bond motifs is 1. The average Bonchev–Trinajstić information content (AvgIpc) is 3.09. The first kappa shape index (κ1) is 18.7. The van der Waals surface area contributed by atoms with Crippen LogP contribution in [0.3, 0.4) is 0 Å². The fourth-order valence-corrected chi connectivity index (χ4v) is 4.27. The van der Waals surface area contributed by atoms with Gasteiger partial charge in [-0.15, -0.1) is 0 Å². The van der Waals surface area contributed by atoms with Crippen LogP contribution in [0.1, 0.15) is 47.3 Å². The van der Waals surface area contributed by atoms with E-state index in [0.717, 1.165) is 76.9 Å². The van der Waals surface area contributed by atoms with Gasteiger partial charge in [-0.3, -0.25) is 14.5 Å². The first-order valence-corrected chi connectivity index (χ1v) is 10.2. The summed E-state index contributed by atoms with van der Waals surface area (Å²) < 4.78 is 13.2. The molecule has 1 fully saturated rings. The molecule has 1 saturated heterocycles. The SMILES string of the molecule is CCn1nc(CN2CCCN(Cc3c(C)noc3C)CC2)c2c1CCOC2. The Balaban J connectivity index is 1.40. The Morgan fingerprint density at radius 1 is 1.04 bits per heavy atom. The van der Waals surface area contributed by atoms with E-state index in [1.54, 1.807) is 0 Å². The van der Waals surface area contributed by atoms with Crippen molar-refractivity contribution in [2.45, 2.75) is 59.9 Å². The molecule has 0 aromatic carbocycles. The van der Waals surface area contributed by atoms with E-state index < -0.39 is 0 Å². The van der Waals surface area contributed by atoms with Gasteiger partial charge in [0.1, 0.15) is 5.76 Å². The van der Waals surface area contributed by atoms with E-state index in [1.165, 1.54) is 28.9 Å². The molecule has 0 unspecified atom stereocenters. The highest BCUT2D eigenvalue weighted by Crippen LogP contribution is 2.23. The van der Waals surface area contributed by atoms with Gasteiger partial charge in [-0.1, -0.05) is 5.16 Å². The summed E-state index contributed by atoms with van der Waals surface area (Å²) in [6.07, 6.45) is 2.16. The lowest BCUT2D eigenvalue weighted by molar-refractivity contribution is 0.107. The quantitative estimate of drug-likeness (QED) is 0.801. The molecule has 2 aliphatic heterocycles. The molecule has 7 heteroatoms. The summed E-state index contributed by atoms with van der Waals surface area (Å²) in [7, 11) is 0. The summed E-state index contributed by atoms with van der Waals surface area (Å²) >= 11 is 0. The van der Waals surface area contributed by atoms with Crippen molar-refractivity contribution < 1.29 is 9.26 Å². The van der Waals surface area contributed by atoms with Crippen molar-refractivity contribution in [3.05, 3.63) is 34.0 Å². The molecule has 4 rings (SSSR count). The normalized spacial score (nSPS) is 19.2. The average molecular weight is 374 g/mol. The molecule has 2 aliphatic rings. The Kier molecular flexibility index (Phi) is 5.61. The highest BCUT2D eigenvalue weighted by molar-refractivity contribution is 5.27. The van der Waals surface area contributed by atoms with Crippen LogP contribution in [0.2, 0.25) is 0 Å². The first-order valence-electron chi connectivity index (χ1n) is 10.2. The number of hydrogen-bond donors (Lipinski definition) is 0. The molecule has 0 N–H and O–H groups in total. The van der Waals surface area contributed by atoms with Crippen LogP contribution in [0.25, 0.3) is 0 Å². The second-order valence-corrected chi connectivity index (χ2v) is 7.70. The zero-order valence-electron chi connectivity index (χ0n) is 16.8. The van der Waals surface area contributed by atoms with Gasteiger partial charge in [0.25, 0.3) is 0 Å². The van der Waals surface area contributed by atoms with Crippen LogP contribution in [0, 0.1) is 13.8 Å². The van der Waals surface area contributed by atoms with Crippen molar-refractivity contribution in [1.29, 1.82) is 0 Å². The number of hydrogen-bond acceptors (Lipinski definition) is 6. The Hall–Kier alpha value is -1.70. The summed E-state index contributed by atoms with van der Waals surface area (Å²) in [5.41, 5.74) is 6.20. The van der Waals surface area contributed by atoms with Crippen LogP contribution in [0.5, 0.6) is 0 Å². The minimum atomic E-state index is 0.719. The van der Waals surface area contributed by atoms with Crippen molar-refractivity contribution in [3.63, 3.8) is 0 Å². The van der Waals surface area contributed by atoms with Gasteiger partial charge in [0.15, 0.2) is 0 Å². The molecule has 0 bridgehead atoms. The molecule has 0 amide bonds. The Morgan fingerprint density at radius 3 is 2.52 bits per heavy atom. The van der Waals surface area contributed by atoms with Crippen LogP contribution in [0.4, 0.5) is 0 Å². The third-order valence-corrected chi connectivity index (χ3v) is 5.90. The third-order valence-electron chi connectivity index (χ3n) is 5.90. The van der Waals surface area contributed by atoms with Gasteiger partial charge in [-0.25, -0.2) is 0 Å². The van der Waals surface area contributed by atoms with Crippen LogP contribution in [0.15, 0.2) is 4.52 Å². The van der Waals surface area contributed by atoms with Gasteiger partial charge < -0.3 is 9.26 Å². The molecule has 148 valence electrons. The maximum absolute atomic E-state index is 5.71. The van der Waals surface area contributed by atoms with E-state index in [0.29, 0.717) is 0 Å². The van der Waals surface area contributed by atoms with Crippen molar-refractivity contribution in [2.75, 3.05) is 32.8 Å². The predicted octanol–water partition coefficient (Wildman–Crippen LogP) is 2.29. The smallest absolute Gasteiger partial charge is 0.138 e. The number of aromatic nitrogens is 3.